The molecule has 1 unspecified atom stereocenters. The number of amides is 1. The van der Waals surface area contributed by atoms with Crippen LogP contribution in [0.3, 0.4) is 0 Å². The normalized spacial score (nSPS) is 23.0. The van der Waals surface area contributed by atoms with Crippen LogP contribution in [0, 0.1) is 0 Å². The summed E-state index contributed by atoms with van der Waals surface area (Å²) in [6.07, 6.45) is 8.98. The molecule has 1 aliphatic carbocycles. The second-order valence-corrected chi connectivity index (χ2v) is 7.76. The van der Waals surface area contributed by atoms with Crippen LogP contribution in [0.5, 0.6) is 0 Å². The zero-order valence-corrected chi connectivity index (χ0v) is 15.3. The minimum absolute atomic E-state index is 0.123. The van der Waals surface area contributed by atoms with Gasteiger partial charge in [-0.2, -0.15) is 0 Å². The SMILES string of the molecule is O=C(CN1CCCC1CCCO)NCC1(c2ccccc2)CCCC1. The van der Waals surface area contributed by atoms with E-state index in [0.717, 1.165) is 38.8 Å². The maximum atomic E-state index is 12.5. The average molecular weight is 344 g/mol. The van der Waals surface area contributed by atoms with Gasteiger partial charge < -0.3 is 10.4 Å². The molecule has 4 heteroatoms. The third-order valence-electron chi connectivity index (χ3n) is 6.11. The predicted octanol–water partition coefficient (Wildman–Crippen LogP) is 2.85. The molecule has 138 valence electrons. The van der Waals surface area contributed by atoms with Crippen LogP contribution in [0.25, 0.3) is 0 Å². The summed E-state index contributed by atoms with van der Waals surface area (Å²) in [6.45, 7) is 2.51. The average Bonchev–Trinajstić information content (AvgIpc) is 3.29. The Morgan fingerprint density at radius 3 is 2.68 bits per heavy atom. The molecule has 0 spiro atoms. The van der Waals surface area contributed by atoms with Gasteiger partial charge in [0.1, 0.15) is 0 Å². The smallest absolute Gasteiger partial charge is 0.234 e. The molecule has 2 N–H and O–H groups in total. The molecule has 1 amide bonds. The second-order valence-electron chi connectivity index (χ2n) is 7.76. The van der Waals surface area contributed by atoms with Crippen LogP contribution in [-0.4, -0.2) is 48.2 Å². The fourth-order valence-corrected chi connectivity index (χ4v) is 4.68. The first-order valence-electron chi connectivity index (χ1n) is 9.91. The zero-order valence-electron chi connectivity index (χ0n) is 15.3. The predicted molar refractivity (Wildman–Crippen MR) is 101 cm³/mol. The molecule has 1 aromatic carbocycles. The first kappa shape index (κ1) is 18.4. The molecule has 1 saturated carbocycles. The van der Waals surface area contributed by atoms with E-state index < -0.39 is 0 Å². The lowest BCUT2D eigenvalue weighted by Crippen LogP contribution is -2.44. The van der Waals surface area contributed by atoms with Crippen molar-refractivity contribution >= 4 is 5.91 Å². The number of nitrogens with zero attached hydrogens (tertiary/aromatic N) is 1. The number of rotatable bonds is 8. The number of hydrogen-bond donors (Lipinski definition) is 2. The van der Waals surface area contributed by atoms with Gasteiger partial charge >= 0.3 is 0 Å². The van der Waals surface area contributed by atoms with Gasteiger partial charge in [-0.25, -0.2) is 0 Å². The molecule has 2 fully saturated rings. The Bertz CT molecular complexity index is 540. The highest BCUT2D eigenvalue weighted by Gasteiger charge is 2.36. The van der Waals surface area contributed by atoms with Gasteiger partial charge in [-0.15, -0.1) is 0 Å². The minimum Gasteiger partial charge on any atom is -0.396 e. The monoisotopic (exact) mass is 344 g/mol. The van der Waals surface area contributed by atoms with Gasteiger partial charge in [-0.05, 0) is 50.6 Å². The highest BCUT2D eigenvalue weighted by molar-refractivity contribution is 5.78. The Kier molecular flexibility index (Phi) is 6.49. The first-order chi connectivity index (χ1) is 12.2. The minimum atomic E-state index is 0.123. The number of aliphatic hydroxyl groups is 1. The summed E-state index contributed by atoms with van der Waals surface area (Å²) >= 11 is 0. The van der Waals surface area contributed by atoms with Crippen molar-refractivity contribution in [2.24, 2.45) is 0 Å². The standard InChI is InChI=1S/C21H32N2O2/c24-15-7-11-19-10-6-14-23(19)16-20(25)22-17-21(12-4-5-13-21)18-8-2-1-3-9-18/h1-3,8-9,19,24H,4-7,10-17H2,(H,22,25). The summed E-state index contributed by atoms with van der Waals surface area (Å²) in [5.41, 5.74) is 1.49. The number of likely N-dealkylation sites (tertiary alicyclic amines) is 1. The van der Waals surface area contributed by atoms with Gasteiger partial charge in [0.15, 0.2) is 0 Å². The molecule has 25 heavy (non-hydrogen) atoms. The first-order valence-corrected chi connectivity index (χ1v) is 9.91. The van der Waals surface area contributed by atoms with Gasteiger partial charge in [-0.1, -0.05) is 43.2 Å². The number of aliphatic hydroxyl groups excluding tert-OH is 1. The van der Waals surface area contributed by atoms with Crippen molar-refractivity contribution in [1.29, 1.82) is 0 Å². The lowest BCUT2D eigenvalue weighted by molar-refractivity contribution is -0.122. The van der Waals surface area contributed by atoms with E-state index in [1.807, 2.05) is 0 Å². The molecule has 1 heterocycles. The highest BCUT2D eigenvalue weighted by Crippen LogP contribution is 2.40. The van der Waals surface area contributed by atoms with Gasteiger partial charge in [0.2, 0.25) is 5.91 Å². The Labute approximate surface area is 151 Å². The van der Waals surface area contributed by atoms with E-state index in [1.165, 1.54) is 31.2 Å². The third-order valence-corrected chi connectivity index (χ3v) is 6.11. The summed E-state index contributed by atoms with van der Waals surface area (Å²) in [6, 6.07) is 11.2. The number of nitrogens with one attached hydrogen (secondary N) is 1. The second kappa shape index (κ2) is 8.81. The fraction of sp³-hybridized carbons (Fsp3) is 0.667. The van der Waals surface area contributed by atoms with Crippen molar-refractivity contribution in [1.82, 2.24) is 10.2 Å². The number of carbonyl (C=O) groups is 1. The van der Waals surface area contributed by atoms with Crippen molar-refractivity contribution in [3.8, 4) is 0 Å². The molecular weight excluding hydrogens is 312 g/mol. The van der Waals surface area contributed by atoms with E-state index in [0.29, 0.717) is 12.6 Å². The Morgan fingerprint density at radius 1 is 1.20 bits per heavy atom. The van der Waals surface area contributed by atoms with Crippen LogP contribution in [0.4, 0.5) is 0 Å². The van der Waals surface area contributed by atoms with Gasteiger partial charge in [0.25, 0.3) is 0 Å². The topological polar surface area (TPSA) is 52.6 Å². The molecular formula is C21H32N2O2. The molecule has 3 rings (SSSR count). The van der Waals surface area contributed by atoms with Gasteiger partial charge in [0, 0.05) is 24.6 Å². The van der Waals surface area contributed by atoms with Crippen LogP contribution in [0.1, 0.15) is 56.9 Å². The van der Waals surface area contributed by atoms with Crippen LogP contribution in [0.15, 0.2) is 30.3 Å². The Hall–Kier alpha value is -1.39. The molecule has 0 bridgehead atoms. The summed E-state index contributed by atoms with van der Waals surface area (Å²) in [5.74, 6) is 0.151. The summed E-state index contributed by atoms with van der Waals surface area (Å²) in [5, 5.41) is 12.3. The van der Waals surface area contributed by atoms with Crippen molar-refractivity contribution < 1.29 is 9.90 Å². The van der Waals surface area contributed by atoms with Gasteiger partial charge in [0.05, 0.1) is 6.54 Å². The number of hydrogen-bond acceptors (Lipinski definition) is 3. The van der Waals surface area contributed by atoms with E-state index in [4.69, 9.17) is 5.11 Å². The molecule has 0 radical (unpaired) electrons. The summed E-state index contributed by atoms with van der Waals surface area (Å²) < 4.78 is 0. The van der Waals surface area contributed by atoms with Crippen LogP contribution in [0.2, 0.25) is 0 Å². The van der Waals surface area contributed by atoms with E-state index >= 15 is 0 Å². The molecule has 2 aliphatic rings. The Balaban J connectivity index is 1.54. The lowest BCUT2D eigenvalue weighted by atomic mass is 9.79. The molecule has 1 aromatic rings. The highest BCUT2D eigenvalue weighted by atomic mass is 16.3. The summed E-state index contributed by atoms with van der Waals surface area (Å²) in [7, 11) is 0. The summed E-state index contributed by atoms with van der Waals surface area (Å²) in [4.78, 5) is 14.8. The van der Waals surface area contributed by atoms with Crippen LogP contribution in [-0.2, 0) is 10.2 Å². The van der Waals surface area contributed by atoms with Crippen molar-refractivity contribution in [3.63, 3.8) is 0 Å². The third kappa shape index (κ3) is 4.62. The maximum absolute atomic E-state index is 12.5. The zero-order chi connectivity index (χ0) is 17.5. The molecule has 1 saturated heterocycles. The van der Waals surface area contributed by atoms with Gasteiger partial charge in [-0.3, -0.25) is 9.69 Å². The molecule has 0 aromatic heterocycles. The number of benzene rings is 1. The molecule has 4 nitrogen and oxygen atoms in total. The van der Waals surface area contributed by atoms with Crippen molar-refractivity contribution in [2.75, 3.05) is 26.2 Å². The van der Waals surface area contributed by atoms with E-state index in [1.54, 1.807) is 0 Å². The van der Waals surface area contributed by atoms with E-state index in [9.17, 15) is 4.79 Å². The van der Waals surface area contributed by atoms with E-state index in [2.05, 4.69) is 40.5 Å². The van der Waals surface area contributed by atoms with E-state index in [-0.39, 0.29) is 17.9 Å². The number of carbonyl (C=O) groups excluding carboxylic acids is 1. The Morgan fingerprint density at radius 2 is 1.96 bits per heavy atom. The molecule has 1 atom stereocenters. The largest absolute Gasteiger partial charge is 0.396 e. The molecule has 1 aliphatic heterocycles. The maximum Gasteiger partial charge on any atom is 0.234 e. The quantitative estimate of drug-likeness (QED) is 0.762. The van der Waals surface area contributed by atoms with Crippen molar-refractivity contribution in [3.05, 3.63) is 35.9 Å². The lowest BCUT2D eigenvalue weighted by Gasteiger charge is -2.31. The van der Waals surface area contributed by atoms with Crippen LogP contribution < -0.4 is 5.32 Å². The van der Waals surface area contributed by atoms with Crippen molar-refractivity contribution in [2.45, 2.75) is 62.8 Å². The fourth-order valence-electron chi connectivity index (χ4n) is 4.68. The van der Waals surface area contributed by atoms with Crippen LogP contribution >= 0.6 is 0 Å².